The third-order valence-corrected chi connectivity index (χ3v) is 6.97. The van der Waals surface area contributed by atoms with Crippen LogP contribution in [0, 0.1) is 20.8 Å². The molecule has 5 nitrogen and oxygen atoms in total. The lowest BCUT2D eigenvalue weighted by Crippen LogP contribution is -2.18. The zero-order valence-corrected chi connectivity index (χ0v) is 20.1. The number of benzene rings is 3. The van der Waals surface area contributed by atoms with Crippen LogP contribution in [0.15, 0.2) is 59.5 Å². The molecule has 0 unspecified atom stereocenters. The highest BCUT2D eigenvalue weighted by Crippen LogP contribution is 2.25. The van der Waals surface area contributed by atoms with Crippen LogP contribution >= 0.6 is 0 Å². The summed E-state index contributed by atoms with van der Waals surface area (Å²) in [6.07, 6.45) is 1.58. The van der Waals surface area contributed by atoms with Gasteiger partial charge in [0.2, 0.25) is 0 Å². The summed E-state index contributed by atoms with van der Waals surface area (Å²) in [6, 6.07) is 16.3. The molecule has 0 saturated carbocycles. The molecule has 6 heteroatoms. The van der Waals surface area contributed by atoms with E-state index < -0.39 is 10.0 Å². The van der Waals surface area contributed by atoms with Crippen molar-refractivity contribution in [2.24, 2.45) is 0 Å². The third kappa shape index (κ3) is 5.19. The van der Waals surface area contributed by atoms with Crippen molar-refractivity contribution in [1.29, 1.82) is 0 Å². The smallest absolute Gasteiger partial charge is 0.262 e. The summed E-state index contributed by atoms with van der Waals surface area (Å²) in [4.78, 5) is 13.1. The molecule has 0 heterocycles. The second-order valence-electron chi connectivity index (χ2n) is 8.07. The van der Waals surface area contributed by atoms with Crippen LogP contribution in [0.1, 0.15) is 52.0 Å². The Hall–Kier alpha value is -3.12. The van der Waals surface area contributed by atoms with Gasteiger partial charge in [-0.1, -0.05) is 44.2 Å². The van der Waals surface area contributed by atoms with Crippen LogP contribution in [0.4, 0.5) is 11.4 Å². The first-order valence-electron chi connectivity index (χ1n) is 10.8. The van der Waals surface area contributed by atoms with Crippen LogP contribution in [0.3, 0.4) is 0 Å². The fourth-order valence-electron chi connectivity index (χ4n) is 3.86. The van der Waals surface area contributed by atoms with Crippen molar-refractivity contribution >= 4 is 27.3 Å². The summed E-state index contributed by atoms with van der Waals surface area (Å²) in [6.45, 7) is 9.64. The van der Waals surface area contributed by atoms with E-state index in [1.54, 1.807) is 31.2 Å². The molecule has 3 aromatic rings. The molecular weight excluding hydrogens is 420 g/mol. The molecule has 0 atom stereocenters. The predicted molar refractivity (Wildman–Crippen MR) is 131 cm³/mol. The van der Waals surface area contributed by atoms with E-state index in [0.29, 0.717) is 16.8 Å². The monoisotopic (exact) mass is 450 g/mol. The van der Waals surface area contributed by atoms with E-state index in [9.17, 15) is 13.2 Å². The van der Waals surface area contributed by atoms with Gasteiger partial charge in [-0.25, -0.2) is 8.42 Å². The number of carbonyl (C=O) groups is 1. The van der Waals surface area contributed by atoms with Crippen LogP contribution in [0.25, 0.3) is 0 Å². The van der Waals surface area contributed by atoms with Gasteiger partial charge in [0, 0.05) is 16.9 Å². The number of carbonyl (C=O) groups excluding carboxylic acids is 1. The van der Waals surface area contributed by atoms with Crippen molar-refractivity contribution in [3.8, 4) is 0 Å². The second-order valence-corrected chi connectivity index (χ2v) is 9.73. The van der Waals surface area contributed by atoms with Crippen LogP contribution in [-0.2, 0) is 22.9 Å². The minimum Gasteiger partial charge on any atom is -0.321 e. The number of hydrogen-bond acceptors (Lipinski definition) is 3. The van der Waals surface area contributed by atoms with Crippen LogP contribution < -0.4 is 10.0 Å². The van der Waals surface area contributed by atoms with Crippen molar-refractivity contribution in [3.05, 3.63) is 88.0 Å². The maximum atomic E-state index is 13.1. The van der Waals surface area contributed by atoms with Gasteiger partial charge in [0.15, 0.2) is 0 Å². The molecule has 3 aromatic carbocycles. The molecule has 0 aliphatic carbocycles. The zero-order valence-electron chi connectivity index (χ0n) is 19.2. The lowest BCUT2D eigenvalue weighted by molar-refractivity contribution is 0.102. The van der Waals surface area contributed by atoms with E-state index in [4.69, 9.17) is 0 Å². The van der Waals surface area contributed by atoms with Crippen LogP contribution in [0.2, 0.25) is 0 Å². The van der Waals surface area contributed by atoms with Crippen molar-refractivity contribution in [2.75, 3.05) is 10.0 Å². The Labute approximate surface area is 190 Å². The fourth-order valence-corrected chi connectivity index (χ4v) is 5.18. The molecule has 0 aliphatic heterocycles. The molecular formula is C26H30N2O3S. The summed E-state index contributed by atoms with van der Waals surface area (Å²) in [5.74, 6) is -0.330. The second kappa shape index (κ2) is 9.57. The normalized spacial score (nSPS) is 11.3. The van der Waals surface area contributed by atoms with Crippen LogP contribution in [0.5, 0.6) is 0 Å². The van der Waals surface area contributed by atoms with Gasteiger partial charge in [0.05, 0.1) is 4.90 Å². The minimum absolute atomic E-state index is 0.0869. The van der Waals surface area contributed by atoms with E-state index in [0.717, 1.165) is 40.8 Å². The van der Waals surface area contributed by atoms with E-state index in [2.05, 4.69) is 10.0 Å². The highest BCUT2D eigenvalue weighted by atomic mass is 32.2. The Bertz CT molecular complexity index is 1220. The number of amides is 1. The average molecular weight is 451 g/mol. The number of hydrogen-bond donors (Lipinski definition) is 2. The van der Waals surface area contributed by atoms with E-state index in [1.807, 2.05) is 52.0 Å². The van der Waals surface area contributed by atoms with E-state index in [1.165, 1.54) is 6.07 Å². The summed E-state index contributed by atoms with van der Waals surface area (Å²) >= 11 is 0. The molecule has 0 radical (unpaired) electrons. The van der Waals surface area contributed by atoms with Gasteiger partial charge in [-0.2, -0.15) is 0 Å². The quantitative estimate of drug-likeness (QED) is 0.478. The Morgan fingerprint density at radius 1 is 0.844 bits per heavy atom. The lowest BCUT2D eigenvalue weighted by atomic mass is 10.0. The highest BCUT2D eigenvalue weighted by molar-refractivity contribution is 7.92. The van der Waals surface area contributed by atoms with Gasteiger partial charge >= 0.3 is 0 Å². The number of para-hydroxylation sites is 1. The van der Waals surface area contributed by atoms with E-state index in [-0.39, 0.29) is 10.8 Å². The van der Waals surface area contributed by atoms with Gasteiger partial charge in [0.1, 0.15) is 0 Å². The Morgan fingerprint density at radius 3 is 2.00 bits per heavy atom. The number of rotatable bonds is 7. The SMILES string of the molecule is CCc1cccc(CC)c1NC(=O)c1ccc(C)c(S(=O)(=O)Nc2cc(C)cc(C)c2)c1. The molecule has 2 N–H and O–H groups in total. The first-order valence-corrected chi connectivity index (χ1v) is 12.3. The molecule has 32 heavy (non-hydrogen) atoms. The number of nitrogens with one attached hydrogen (secondary N) is 2. The van der Waals surface area contributed by atoms with Gasteiger partial charge < -0.3 is 5.32 Å². The Morgan fingerprint density at radius 2 is 1.44 bits per heavy atom. The first-order chi connectivity index (χ1) is 15.1. The van der Waals surface area contributed by atoms with Gasteiger partial charge in [-0.3, -0.25) is 9.52 Å². The molecule has 0 bridgehead atoms. The fraction of sp³-hybridized carbons (Fsp3) is 0.269. The highest BCUT2D eigenvalue weighted by Gasteiger charge is 2.20. The molecule has 168 valence electrons. The number of aryl methyl sites for hydroxylation is 5. The largest absolute Gasteiger partial charge is 0.321 e. The maximum Gasteiger partial charge on any atom is 0.262 e. The molecule has 0 saturated heterocycles. The summed E-state index contributed by atoms with van der Waals surface area (Å²) in [5, 5.41) is 3.01. The number of sulfonamides is 1. The third-order valence-electron chi connectivity index (χ3n) is 5.45. The van der Waals surface area contributed by atoms with Crippen molar-refractivity contribution in [1.82, 2.24) is 0 Å². The standard InChI is InChI=1S/C26H30N2O3S/c1-6-20-9-8-10-21(7-2)25(20)27-26(29)22-12-11-19(5)24(16-22)32(30,31)28-23-14-17(3)13-18(4)15-23/h8-16,28H,6-7H2,1-5H3,(H,27,29). The van der Waals surface area contributed by atoms with Crippen molar-refractivity contribution in [3.63, 3.8) is 0 Å². The molecule has 0 fully saturated rings. The van der Waals surface area contributed by atoms with Crippen molar-refractivity contribution < 1.29 is 13.2 Å². The summed E-state index contributed by atoms with van der Waals surface area (Å²) in [5.41, 5.74) is 6.21. The Kier molecular flexibility index (Phi) is 7.04. The number of anilines is 2. The van der Waals surface area contributed by atoms with Gasteiger partial charge in [-0.05, 0) is 85.7 Å². The molecule has 0 aromatic heterocycles. The Balaban J connectivity index is 1.94. The minimum atomic E-state index is -3.86. The summed E-state index contributed by atoms with van der Waals surface area (Å²) in [7, 11) is -3.86. The lowest BCUT2D eigenvalue weighted by Gasteiger charge is -2.16. The topological polar surface area (TPSA) is 75.3 Å². The molecule has 0 aliphatic rings. The van der Waals surface area contributed by atoms with Gasteiger partial charge in [-0.15, -0.1) is 0 Å². The van der Waals surface area contributed by atoms with E-state index >= 15 is 0 Å². The predicted octanol–water partition coefficient (Wildman–Crippen LogP) is 5.79. The molecule has 3 rings (SSSR count). The van der Waals surface area contributed by atoms with Crippen LogP contribution in [-0.4, -0.2) is 14.3 Å². The summed E-state index contributed by atoms with van der Waals surface area (Å²) < 4.78 is 28.9. The molecule has 0 spiro atoms. The average Bonchev–Trinajstić information content (AvgIpc) is 2.72. The maximum absolute atomic E-state index is 13.1. The first kappa shape index (κ1) is 23.5. The molecule has 1 amide bonds. The zero-order chi connectivity index (χ0) is 23.5. The van der Waals surface area contributed by atoms with Gasteiger partial charge in [0.25, 0.3) is 15.9 Å². The van der Waals surface area contributed by atoms with Crippen molar-refractivity contribution in [2.45, 2.75) is 52.4 Å².